The fraction of sp³-hybridized carbons (Fsp3) is 0.864. The minimum absolute atomic E-state index is 0.0714. The first-order valence-electron chi connectivity index (χ1n) is 20.5. The number of Topliss-reactive ketones (excluding diaryl/α,β-unsaturated/α-hetero) is 1. The Morgan fingerprint density at radius 1 is 0.885 bits per heavy atom. The zero-order valence-corrected chi connectivity index (χ0v) is 35.0. The van der Waals surface area contributed by atoms with Gasteiger partial charge in [-0.25, -0.2) is 0 Å². The molecule has 5 aliphatic carbocycles. The Morgan fingerprint density at radius 3 is 2.12 bits per heavy atom. The predicted octanol–water partition coefficient (Wildman–Crippen LogP) is 8.57. The molecule has 0 bridgehead atoms. The van der Waals surface area contributed by atoms with E-state index in [-0.39, 0.29) is 57.5 Å². The van der Waals surface area contributed by atoms with Crippen LogP contribution in [0, 0.1) is 56.2 Å². The summed E-state index contributed by atoms with van der Waals surface area (Å²) in [6, 6.07) is 0.244. The number of rotatable bonds is 11. The van der Waals surface area contributed by atoms with Gasteiger partial charge < -0.3 is 14.7 Å². The molecule has 0 aromatic carbocycles. The molecule has 4 saturated carbocycles. The SMILES string of the molecule is CC(C)C1=C2[C@H]3CCC4[C@@]5(C)CC[C@H](OC(=O)CC(C)(C)C(=O)O)C(C)(C)C5CC[C@@]4(C)[C@]3(C)CC[C@@]2(CCN(CC(=O)N(C)C)C(C)C)CC1=O. The Balaban J connectivity index is 1.43. The van der Waals surface area contributed by atoms with Crippen molar-refractivity contribution < 1.29 is 29.0 Å². The van der Waals surface area contributed by atoms with Gasteiger partial charge in [-0.05, 0) is 138 Å². The lowest BCUT2D eigenvalue weighted by Gasteiger charge is -2.72. The topological polar surface area (TPSA) is 104 Å². The van der Waals surface area contributed by atoms with Crippen molar-refractivity contribution in [2.45, 2.75) is 159 Å². The van der Waals surface area contributed by atoms with Crippen LogP contribution in [-0.4, -0.2) is 77.9 Å². The first kappa shape index (κ1) is 41.0. The highest BCUT2D eigenvalue weighted by atomic mass is 16.5. The van der Waals surface area contributed by atoms with Crippen LogP contribution in [0.1, 0.15) is 147 Å². The number of carbonyl (C=O) groups excluding carboxylic acids is 3. The summed E-state index contributed by atoms with van der Waals surface area (Å²) < 4.78 is 6.18. The summed E-state index contributed by atoms with van der Waals surface area (Å²) in [6.07, 6.45) is 9.60. The summed E-state index contributed by atoms with van der Waals surface area (Å²) in [5.41, 5.74) is 1.39. The lowest BCUT2D eigenvalue weighted by Crippen LogP contribution is -2.65. The molecular formula is C44H72N2O6. The van der Waals surface area contributed by atoms with Crippen molar-refractivity contribution in [3.63, 3.8) is 0 Å². The van der Waals surface area contributed by atoms with Crippen LogP contribution in [0.25, 0.3) is 0 Å². The quantitative estimate of drug-likeness (QED) is 0.213. The molecule has 4 fully saturated rings. The second kappa shape index (κ2) is 13.8. The molecule has 8 nitrogen and oxygen atoms in total. The molecule has 1 amide bonds. The average Bonchev–Trinajstić information content (AvgIpc) is 3.32. The number of aliphatic carboxylic acids is 1. The number of ketones is 1. The van der Waals surface area contributed by atoms with Gasteiger partial charge in [0.05, 0.1) is 18.4 Å². The van der Waals surface area contributed by atoms with E-state index in [1.54, 1.807) is 18.7 Å². The summed E-state index contributed by atoms with van der Waals surface area (Å²) >= 11 is 0. The number of hydrogen-bond acceptors (Lipinski definition) is 6. The van der Waals surface area contributed by atoms with E-state index in [9.17, 15) is 24.3 Å². The molecule has 0 saturated heterocycles. The first-order valence-corrected chi connectivity index (χ1v) is 20.5. The Kier molecular flexibility index (Phi) is 10.9. The molecule has 0 heterocycles. The van der Waals surface area contributed by atoms with E-state index >= 15 is 0 Å². The Bertz CT molecular complexity index is 1480. The summed E-state index contributed by atoms with van der Waals surface area (Å²) in [4.78, 5) is 55.8. The number of esters is 1. The molecule has 0 aromatic heterocycles. The van der Waals surface area contributed by atoms with E-state index in [2.05, 4.69) is 67.2 Å². The largest absolute Gasteiger partial charge is 0.481 e. The van der Waals surface area contributed by atoms with Crippen molar-refractivity contribution >= 4 is 23.6 Å². The highest BCUT2D eigenvalue weighted by Crippen LogP contribution is 2.77. The molecule has 52 heavy (non-hydrogen) atoms. The molecule has 5 rings (SSSR count). The van der Waals surface area contributed by atoms with Crippen molar-refractivity contribution in [3.8, 4) is 0 Å². The summed E-state index contributed by atoms with van der Waals surface area (Å²) in [7, 11) is 3.65. The van der Waals surface area contributed by atoms with Crippen LogP contribution in [-0.2, 0) is 23.9 Å². The van der Waals surface area contributed by atoms with Crippen LogP contribution in [0.4, 0.5) is 0 Å². The van der Waals surface area contributed by atoms with E-state index < -0.39 is 17.4 Å². The van der Waals surface area contributed by atoms with Crippen molar-refractivity contribution in [1.82, 2.24) is 9.80 Å². The van der Waals surface area contributed by atoms with E-state index in [0.29, 0.717) is 36.5 Å². The van der Waals surface area contributed by atoms with Crippen LogP contribution in [0.5, 0.6) is 0 Å². The Morgan fingerprint density at radius 2 is 1.54 bits per heavy atom. The number of carboxylic acid groups (broad SMARTS) is 1. The Hall–Kier alpha value is -2.22. The summed E-state index contributed by atoms with van der Waals surface area (Å²) in [5.74, 6) is 0.591. The average molecular weight is 725 g/mol. The van der Waals surface area contributed by atoms with Crippen molar-refractivity contribution in [1.29, 1.82) is 0 Å². The molecule has 0 radical (unpaired) electrons. The molecule has 5 aliphatic rings. The third-order valence-corrected chi connectivity index (χ3v) is 16.4. The molecule has 8 heteroatoms. The lowest BCUT2D eigenvalue weighted by atomic mass is 9.33. The number of fused-ring (bicyclic) bond motifs is 7. The smallest absolute Gasteiger partial charge is 0.309 e. The highest BCUT2D eigenvalue weighted by molar-refractivity contribution is 6.00. The molecule has 294 valence electrons. The van der Waals surface area contributed by atoms with E-state index in [1.165, 1.54) is 5.57 Å². The fourth-order valence-electron chi connectivity index (χ4n) is 13.1. The third-order valence-electron chi connectivity index (χ3n) is 16.4. The van der Waals surface area contributed by atoms with Gasteiger partial charge in [-0.15, -0.1) is 0 Å². The maximum atomic E-state index is 14.1. The van der Waals surface area contributed by atoms with Crippen LogP contribution in [0.2, 0.25) is 0 Å². The normalized spacial score (nSPS) is 37.0. The zero-order valence-electron chi connectivity index (χ0n) is 35.0. The predicted molar refractivity (Wildman–Crippen MR) is 205 cm³/mol. The molecule has 0 aliphatic heterocycles. The van der Waals surface area contributed by atoms with Crippen molar-refractivity contribution in [2.24, 2.45) is 56.2 Å². The van der Waals surface area contributed by atoms with Crippen LogP contribution >= 0.6 is 0 Å². The number of ether oxygens (including phenoxy) is 1. The Labute approximate surface area is 315 Å². The van der Waals surface area contributed by atoms with Gasteiger partial charge in [0.2, 0.25) is 5.91 Å². The lowest BCUT2D eigenvalue weighted by molar-refractivity contribution is -0.233. The summed E-state index contributed by atoms with van der Waals surface area (Å²) in [6.45, 7) is 25.5. The number of allylic oxidation sites excluding steroid dienone is 2. The van der Waals surface area contributed by atoms with E-state index in [0.717, 1.165) is 69.9 Å². The maximum Gasteiger partial charge on any atom is 0.309 e. The fourth-order valence-corrected chi connectivity index (χ4v) is 13.1. The third kappa shape index (κ3) is 6.51. The number of amides is 1. The number of hydrogen-bond donors (Lipinski definition) is 1. The molecular weight excluding hydrogens is 652 g/mol. The zero-order chi connectivity index (χ0) is 39.0. The van der Waals surface area contributed by atoms with Gasteiger partial charge in [0, 0.05) is 37.4 Å². The van der Waals surface area contributed by atoms with Gasteiger partial charge in [-0.2, -0.15) is 0 Å². The highest BCUT2D eigenvalue weighted by Gasteiger charge is 2.70. The molecule has 1 N–H and O–H groups in total. The minimum Gasteiger partial charge on any atom is -0.481 e. The maximum absolute atomic E-state index is 14.1. The van der Waals surface area contributed by atoms with Gasteiger partial charge >= 0.3 is 11.9 Å². The minimum atomic E-state index is -1.16. The first-order chi connectivity index (χ1) is 23.9. The number of nitrogens with zero attached hydrogens (tertiary/aromatic N) is 2. The van der Waals surface area contributed by atoms with Crippen LogP contribution in [0.3, 0.4) is 0 Å². The number of likely N-dealkylation sites (N-methyl/N-ethyl adjacent to an activating group) is 1. The molecule has 0 aromatic rings. The molecule has 8 atom stereocenters. The molecule has 0 spiro atoms. The van der Waals surface area contributed by atoms with Gasteiger partial charge in [0.15, 0.2) is 5.78 Å². The number of carboxylic acids is 1. The van der Waals surface area contributed by atoms with E-state index in [1.807, 2.05) is 14.1 Å². The summed E-state index contributed by atoms with van der Waals surface area (Å²) in [5, 5.41) is 9.61. The van der Waals surface area contributed by atoms with Crippen LogP contribution in [0.15, 0.2) is 11.1 Å². The van der Waals surface area contributed by atoms with Gasteiger partial charge in [0.1, 0.15) is 6.10 Å². The second-order valence-corrected chi connectivity index (χ2v) is 20.8. The van der Waals surface area contributed by atoms with E-state index in [4.69, 9.17) is 4.74 Å². The molecule has 2 unspecified atom stereocenters. The van der Waals surface area contributed by atoms with Crippen molar-refractivity contribution in [2.75, 3.05) is 27.2 Å². The van der Waals surface area contributed by atoms with Crippen molar-refractivity contribution in [3.05, 3.63) is 11.1 Å². The van der Waals surface area contributed by atoms with Gasteiger partial charge in [0.25, 0.3) is 0 Å². The monoisotopic (exact) mass is 725 g/mol. The second-order valence-electron chi connectivity index (χ2n) is 20.8. The standard InChI is InChI=1S/C44H72N2O6/c1-27(2)36-30(47)24-44(22-23-46(28(3)4)26-34(48)45(12)13)21-20-42(10)29(37(36)44)14-15-32-41(9)18-17-33(52-35(49)25-39(5,6)38(50)51)40(7,8)31(41)16-19-43(32,42)11/h27-29,31-33H,14-26H2,1-13H3,(H,50,51)/t29-,31?,32?,33+,41+,42-,43-,44-/m1/s1. The van der Waals surface area contributed by atoms with Gasteiger partial charge in [-0.1, -0.05) is 54.0 Å². The van der Waals surface area contributed by atoms with Crippen LogP contribution < -0.4 is 0 Å². The van der Waals surface area contributed by atoms with Gasteiger partial charge in [-0.3, -0.25) is 24.1 Å². The number of carbonyl (C=O) groups is 4.